The minimum absolute atomic E-state index is 0.0450. The summed E-state index contributed by atoms with van der Waals surface area (Å²) in [5, 5.41) is 5.15. The fraction of sp³-hybridized carbons (Fsp3) is 0.190. The highest BCUT2D eigenvalue weighted by molar-refractivity contribution is 5.86. The SMILES string of the molecule is Nc1nc(N)c2cnn(C3Cc4ccccc4N(Cc4ccc(F)c(F)c4)C3)c2n1. The van der Waals surface area contributed by atoms with Gasteiger partial charge in [0.1, 0.15) is 5.82 Å². The van der Waals surface area contributed by atoms with Crippen molar-refractivity contribution in [1.82, 2.24) is 19.7 Å². The Kier molecular flexibility index (Phi) is 4.23. The van der Waals surface area contributed by atoms with Gasteiger partial charge in [-0.15, -0.1) is 0 Å². The van der Waals surface area contributed by atoms with Crippen molar-refractivity contribution in [1.29, 1.82) is 0 Å². The Bertz CT molecular complexity index is 1250. The van der Waals surface area contributed by atoms with Gasteiger partial charge in [0.05, 0.1) is 17.6 Å². The summed E-state index contributed by atoms with van der Waals surface area (Å²) in [5.41, 5.74) is 15.2. The van der Waals surface area contributed by atoms with Crippen LogP contribution in [0.5, 0.6) is 0 Å². The summed E-state index contributed by atoms with van der Waals surface area (Å²) in [4.78, 5) is 10.5. The third-order valence-electron chi connectivity index (χ3n) is 5.42. The molecule has 1 unspecified atom stereocenters. The first-order valence-corrected chi connectivity index (χ1v) is 9.52. The van der Waals surface area contributed by atoms with Gasteiger partial charge in [-0.25, -0.2) is 13.5 Å². The highest BCUT2D eigenvalue weighted by Gasteiger charge is 2.28. The summed E-state index contributed by atoms with van der Waals surface area (Å²) in [5.74, 6) is -1.32. The molecule has 1 aliphatic rings. The van der Waals surface area contributed by atoms with E-state index < -0.39 is 11.6 Å². The number of benzene rings is 2. The second kappa shape index (κ2) is 6.94. The Morgan fingerprint density at radius 1 is 1.03 bits per heavy atom. The van der Waals surface area contributed by atoms with Gasteiger partial charge in [-0.05, 0) is 35.7 Å². The van der Waals surface area contributed by atoms with Crippen LogP contribution in [-0.2, 0) is 13.0 Å². The molecule has 4 N–H and O–H groups in total. The van der Waals surface area contributed by atoms with Gasteiger partial charge >= 0.3 is 0 Å². The molecule has 30 heavy (non-hydrogen) atoms. The molecule has 9 heteroatoms. The van der Waals surface area contributed by atoms with Crippen LogP contribution < -0.4 is 16.4 Å². The van der Waals surface area contributed by atoms with Crippen LogP contribution in [0.15, 0.2) is 48.7 Å². The van der Waals surface area contributed by atoms with Crippen LogP contribution >= 0.6 is 0 Å². The zero-order valence-corrected chi connectivity index (χ0v) is 16.0. The maximum absolute atomic E-state index is 13.7. The average Bonchev–Trinajstić information content (AvgIpc) is 3.15. The number of nitrogens with two attached hydrogens (primary N) is 2. The Balaban J connectivity index is 1.54. The fourth-order valence-corrected chi connectivity index (χ4v) is 4.07. The fourth-order valence-electron chi connectivity index (χ4n) is 4.07. The van der Waals surface area contributed by atoms with Crippen molar-refractivity contribution in [2.45, 2.75) is 19.0 Å². The molecule has 0 saturated heterocycles. The standard InChI is InChI=1S/C21H19F2N7/c22-16-6-5-12(7-17(16)23)10-29-11-14(8-13-3-1-2-4-18(13)29)30-20-15(9-26-30)19(24)27-21(25)28-20/h1-7,9,14H,8,10-11H2,(H4,24,25,27,28). The molecule has 4 aromatic rings. The number of fused-ring (bicyclic) bond motifs is 2. The van der Waals surface area contributed by atoms with E-state index in [2.05, 4.69) is 26.0 Å². The molecule has 0 bridgehead atoms. The molecule has 0 saturated carbocycles. The van der Waals surface area contributed by atoms with Gasteiger partial charge in [-0.2, -0.15) is 15.1 Å². The summed E-state index contributed by atoms with van der Waals surface area (Å²) >= 11 is 0. The van der Waals surface area contributed by atoms with E-state index in [9.17, 15) is 8.78 Å². The van der Waals surface area contributed by atoms with Crippen LogP contribution in [0, 0.1) is 11.6 Å². The predicted octanol–water partition coefficient (Wildman–Crippen LogP) is 3.07. The van der Waals surface area contributed by atoms with Crippen LogP contribution in [0.4, 0.5) is 26.2 Å². The molecule has 3 heterocycles. The van der Waals surface area contributed by atoms with E-state index in [1.165, 1.54) is 6.07 Å². The highest BCUT2D eigenvalue weighted by atomic mass is 19.2. The van der Waals surface area contributed by atoms with Gasteiger partial charge in [-0.1, -0.05) is 24.3 Å². The molecule has 0 spiro atoms. The van der Waals surface area contributed by atoms with Crippen molar-refractivity contribution in [3.8, 4) is 0 Å². The summed E-state index contributed by atoms with van der Waals surface area (Å²) in [6.07, 6.45) is 2.38. The van der Waals surface area contributed by atoms with Crippen LogP contribution in [0.3, 0.4) is 0 Å². The van der Waals surface area contributed by atoms with E-state index in [0.717, 1.165) is 23.7 Å². The quantitative estimate of drug-likeness (QED) is 0.542. The lowest BCUT2D eigenvalue weighted by molar-refractivity contribution is 0.439. The number of hydrogen-bond donors (Lipinski definition) is 2. The van der Waals surface area contributed by atoms with Crippen molar-refractivity contribution < 1.29 is 8.78 Å². The maximum atomic E-state index is 13.7. The van der Waals surface area contributed by atoms with Gasteiger partial charge in [0.25, 0.3) is 0 Å². The number of aromatic nitrogens is 4. The maximum Gasteiger partial charge on any atom is 0.224 e. The summed E-state index contributed by atoms with van der Waals surface area (Å²) < 4.78 is 28.9. The number of halogens is 2. The zero-order valence-electron chi connectivity index (χ0n) is 16.0. The highest BCUT2D eigenvalue weighted by Crippen LogP contribution is 2.34. The normalized spacial score (nSPS) is 16.1. The van der Waals surface area contributed by atoms with E-state index in [1.807, 2.05) is 22.9 Å². The summed E-state index contributed by atoms with van der Waals surface area (Å²) in [6.45, 7) is 1.04. The third-order valence-corrected chi connectivity index (χ3v) is 5.42. The lowest BCUT2D eigenvalue weighted by atomic mass is 9.97. The summed E-state index contributed by atoms with van der Waals surface area (Å²) in [7, 11) is 0. The van der Waals surface area contributed by atoms with Gasteiger partial charge in [0, 0.05) is 18.8 Å². The van der Waals surface area contributed by atoms with E-state index in [-0.39, 0.29) is 12.0 Å². The molecule has 1 aliphatic heterocycles. The number of para-hydroxylation sites is 1. The monoisotopic (exact) mass is 407 g/mol. The minimum atomic E-state index is -0.853. The molecule has 2 aromatic heterocycles. The van der Waals surface area contributed by atoms with E-state index in [1.54, 1.807) is 12.3 Å². The van der Waals surface area contributed by atoms with E-state index >= 15 is 0 Å². The lowest BCUT2D eigenvalue weighted by Crippen LogP contribution is -2.36. The second-order valence-electron chi connectivity index (χ2n) is 7.41. The Hall–Kier alpha value is -3.75. The molecule has 0 fully saturated rings. The molecule has 5 rings (SSSR count). The third kappa shape index (κ3) is 3.08. The first-order chi connectivity index (χ1) is 14.5. The zero-order chi connectivity index (χ0) is 20.8. The second-order valence-corrected chi connectivity index (χ2v) is 7.41. The molecule has 1 atom stereocenters. The van der Waals surface area contributed by atoms with Gasteiger partial charge in [-0.3, -0.25) is 0 Å². The van der Waals surface area contributed by atoms with Crippen LogP contribution in [0.2, 0.25) is 0 Å². The first-order valence-electron chi connectivity index (χ1n) is 9.52. The van der Waals surface area contributed by atoms with Gasteiger partial charge < -0.3 is 16.4 Å². The van der Waals surface area contributed by atoms with E-state index in [4.69, 9.17) is 11.5 Å². The topological polar surface area (TPSA) is 98.9 Å². The Morgan fingerprint density at radius 2 is 1.87 bits per heavy atom. The summed E-state index contributed by atoms with van der Waals surface area (Å²) in [6, 6.07) is 12.0. The van der Waals surface area contributed by atoms with Crippen molar-refractivity contribution in [2.75, 3.05) is 22.9 Å². The Morgan fingerprint density at radius 3 is 2.70 bits per heavy atom. The van der Waals surface area contributed by atoms with Crippen molar-refractivity contribution in [3.63, 3.8) is 0 Å². The molecule has 2 aromatic carbocycles. The number of nitrogen functional groups attached to an aromatic ring is 2. The van der Waals surface area contributed by atoms with Crippen molar-refractivity contribution in [2.24, 2.45) is 0 Å². The smallest absolute Gasteiger partial charge is 0.224 e. The Labute approximate surface area is 170 Å². The molecule has 7 nitrogen and oxygen atoms in total. The number of nitrogens with zero attached hydrogens (tertiary/aromatic N) is 5. The minimum Gasteiger partial charge on any atom is -0.383 e. The number of anilines is 3. The number of rotatable bonds is 3. The van der Waals surface area contributed by atoms with Crippen LogP contribution in [0.25, 0.3) is 11.0 Å². The predicted molar refractivity (Wildman–Crippen MR) is 111 cm³/mol. The molecular formula is C21H19F2N7. The van der Waals surface area contributed by atoms with Crippen LogP contribution in [0.1, 0.15) is 17.2 Å². The molecule has 0 radical (unpaired) electrons. The molecule has 152 valence electrons. The number of hydrogen-bond acceptors (Lipinski definition) is 6. The lowest BCUT2D eigenvalue weighted by Gasteiger charge is -2.36. The average molecular weight is 407 g/mol. The first kappa shape index (κ1) is 18.3. The van der Waals surface area contributed by atoms with Crippen LogP contribution in [-0.4, -0.2) is 26.3 Å². The van der Waals surface area contributed by atoms with Crippen molar-refractivity contribution in [3.05, 3.63) is 71.4 Å². The largest absolute Gasteiger partial charge is 0.383 e. The molecular weight excluding hydrogens is 388 g/mol. The van der Waals surface area contributed by atoms with Gasteiger partial charge in [0.15, 0.2) is 17.3 Å². The van der Waals surface area contributed by atoms with E-state index in [0.29, 0.717) is 35.5 Å². The molecule has 0 aliphatic carbocycles. The molecule has 0 amide bonds. The van der Waals surface area contributed by atoms with Crippen molar-refractivity contribution >= 4 is 28.5 Å². The van der Waals surface area contributed by atoms with Gasteiger partial charge in [0.2, 0.25) is 5.95 Å².